The van der Waals surface area contributed by atoms with Crippen LogP contribution in [-0.2, 0) is 14.3 Å². The van der Waals surface area contributed by atoms with Gasteiger partial charge in [-0.05, 0) is 12.8 Å². The lowest BCUT2D eigenvalue weighted by Gasteiger charge is -2.09. The summed E-state index contributed by atoms with van der Waals surface area (Å²) in [5.41, 5.74) is 0. The average molecular weight is 283 g/mol. The summed E-state index contributed by atoms with van der Waals surface area (Å²) in [6, 6.07) is 0. The Hall–Kier alpha value is -1.32. The second-order valence-electron chi connectivity index (χ2n) is 5.09. The molecule has 0 aromatic rings. The molecule has 0 atom stereocenters. The summed E-state index contributed by atoms with van der Waals surface area (Å²) in [4.78, 5) is 22.8. The van der Waals surface area contributed by atoms with E-state index in [0.717, 1.165) is 6.42 Å². The summed E-state index contributed by atoms with van der Waals surface area (Å²) in [7, 11) is 1.57. The second-order valence-corrected chi connectivity index (χ2v) is 5.09. The maximum Gasteiger partial charge on any atom is 0.311 e. The largest absolute Gasteiger partial charge is 0.444 e. The third kappa shape index (κ3) is 13.1. The minimum atomic E-state index is -0.297. The Kier molecular flexibility index (Phi) is 13.2. The van der Waals surface area contributed by atoms with Crippen molar-refractivity contribution in [3.8, 4) is 0 Å². The van der Waals surface area contributed by atoms with Gasteiger partial charge in [-0.2, -0.15) is 0 Å². The number of hydrogen-bond donors (Lipinski definition) is 0. The zero-order chi connectivity index (χ0) is 15.1. The van der Waals surface area contributed by atoms with Gasteiger partial charge in [0.2, 0.25) is 6.41 Å². The molecule has 0 bridgehead atoms. The fourth-order valence-corrected chi connectivity index (χ4v) is 1.78. The molecule has 0 aromatic carbocycles. The van der Waals surface area contributed by atoms with E-state index in [9.17, 15) is 9.59 Å². The fraction of sp³-hybridized carbons (Fsp3) is 0.750. The monoisotopic (exact) mass is 283 g/mol. The van der Waals surface area contributed by atoms with Crippen molar-refractivity contribution in [2.24, 2.45) is 0 Å². The van der Waals surface area contributed by atoms with Gasteiger partial charge in [-0.25, -0.2) is 0 Å². The first-order valence-corrected chi connectivity index (χ1v) is 7.66. The minimum Gasteiger partial charge on any atom is -0.444 e. The van der Waals surface area contributed by atoms with Crippen molar-refractivity contribution in [2.45, 2.75) is 64.7 Å². The first-order chi connectivity index (χ1) is 9.70. The zero-order valence-corrected chi connectivity index (χ0v) is 13.0. The van der Waals surface area contributed by atoms with Crippen molar-refractivity contribution in [3.63, 3.8) is 0 Å². The van der Waals surface area contributed by atoms with Crippen molar-refractivity contribution in [2.75, 3.05) is 13.8 Å². The van der Waals surface area contributed by atoms with Crippen LogP contribution in [0.2, 0.25) is 0 Å². The van der Waals surface area contributed by atoms with Crippen LogP contribution in [0, 0.1) is 0 Å². The Morgan fingerprint density at radius 1 is 1.05 bits per heavy atom. The molecule has 4 nitrogen and oxygen atoms in total. The normalized spacial score (nSPS) is 10.7. The van der Waals surface area contributed by atoms with Gasteiger partial charge < -0.3 is 9.64 Å². The fourth-order valence-electron chi connectivity index (χ4n) is 1.78. The summed E-state index contributed by atoms with van der Waals surface area (Å²) in [5, 5.41) is 0. The van der Waals surface area contributed by atoms with Gasteiger partial charge in [-0.15, -0.1) is 0 Å². The molecule has 0 aliphatic rings. The summed E-state index contributed by atoms with van der Waals surface area (Å²) >= 11 is 0. The Labute approximate surface area is 123 Å². The maximum atomic E-state index is 11.3. The topological polar surface area (TPSA) is 46.6 Å². The number of rotatable bonds is 13. The quantitative estimate of drug-likeness (QED) is 0.170. The lowest BCUT2D eigenvalue weighted by molar-refractivity contribution is -0.148. The smallest absolute Gasteiger partial charge is 0.311 e. The van der Waals surface area contributed by atoms with Crippen LogP contribution in [0.15, 0.2) is 12.2 Å². The third-order valence-corrected chi connectivity index (χ3v) is 3.03. The van der Waals surface area contributed by atoms with Gasteiger partial charge in [-0.1, -0.05) is 57.6 Å². The van der Waals surface area contributed by atoms with E-state index in [-0.39, 0.29) is 19.1 Å². The van der Waals surface area contributed by atoms with Crippen LogP contribution in [0.4, 0.5) is 0 Å². The van der Waals surface area contributed by atoms with Crippen LogP contribution in [0.1, 0.15) is 64.7 Å². The molecule has 0 N–H and O–H groups in total. The molecule has 0 saturated carbocycles. The zero-order valence-electron chi connectivity index (χ0n) is 13.0. The molecule has 0 heterocycles. The van der Waals surface area contributed by atoms with Gasteiger partial charge in [0.15, 0.2) is 6.73 Å². The number of carbonyl (C=O) groups excluding carboxylic acids is 2. The van der Waals surface area contributed by atoms with E-state index in [4.69, 9.17) is 4.74 Å². The van der Waals surface area contributed by atoms with Crippen molar-refractivity contribution in [1.82, 2.24) is 4.90 Å². The number of allylic oxidation sites excluding steroid dienone is 1. The van der Waals surface area contributed by atoms with Gasteiger partial charge in [0.05, 0.1) is 6.42 Å². The highest BCUT2D eigenvalue weighted by atomic mass is 16.5. The number of nitrogens with zero attached hydrogens (tertiary/aromatic N) is 1. The van der Waals surface area contributed by atoms with E-state index in [1.54, 1.807) is 7.05 Å². The summed E-state index contributed by atoms with van der Waals surface area (Å²) in [5.74, 6) is -0.297. The number of amides is 1. The molecule has 0 rings (SSSR count). The van der Waals surface area contributed by atoms with E-state index in [1.807, 2.05) is 12.2 Å². The summed E-state index contributed by atoms with van der Waals surface area (Å²) < 4.78 is 4.88. The van der Waals surface area contributed by atoms with Crippen LogP contribution >= 0.6 is 0 Å². The van der Waals surface area contributed by atoms with Gasteiger partial charge in [0, 0.05) is 7.05 Å². The molecule has 0 aliphatic carbocycles. The predicted molar refractivity (Wildman–Crippen MR) is 81.2 cm³/mol. The maximum absolute atomic E-state index is 11.3. The number of carbonyl (C=O) groups is 2. The number of esters is 1. The van der Waals surface area contributed by atoms with E-state index < -0.39 is 0 Å². The highest BCUT2D eigenvalue weighted by molar-refractivity contribution is 5.71. The lowest BCUT2D eigenvalue weighted by atomic mass is 10.1. The molecule has 0 fully saturated rings. The highest BCUT2D eigenvalue weighted by Crippen LogP contribution is 2.08. The van der Waals surface area contributed by atoms with Crippen LogP contribution in [0.25, 0.3) is 0 Å². The SMILES string of the molecule is CCCCCCCCC/C=C/CC(=O)OCN(C)C=O. The molecular weight excluding hydrogens is 254 g/mol. The van der Waals surface area contributed by atoms with Gasteiger partial charge in [0.1, 0.15) is 0 Å². The van der Waals surface area contributed by atoms with E-state index in [0.29, 0.717) is 6.41 Å². The van der Waals surface area contributed by atoms with Crippen molar-refractivity contribution in [3.05, 3.63) is 12.2 Å². The average Bonchev–Trinajstić information content (AvgIpc) is 2.46. The van der Waals surface area contributed by atoms with Crippen molar-refractivity contribution in [1.29, 1.82) is 0 Å². The Bertz CT molecular complexity index is 277. The predicted octanol–water partition coefficient (Wildman–Crippen LogP) is 3.66. The molecule has 20 heavy (non-hydrogen) atoms. The molecule has 1 amide bonds. The van der Waals surface area contributed by atoms with Crippen LogP contribution in [-0.4, -0.2) is 31.1 Å². The molecule has 0 aliphatic heterocycles. The van der Waals surface area contributed by atoms with Gasteiger partial charge >= 0.3 is 5.97 Å². The molecule has 4 heteroatoms. The summed E-state index contributed by atoms with van der Waals surface area (Å²) in [6.45, 7) is 2.25. The molecule has 0 spiro atoms. The Morgan fingerprint density at radius 3 is 2.35 bits per heavy atom. The van der Waals surface area contributed by atoms with Crippen LogP contribution < -0.4 is 0 Å². The number of hydrogen-bond acceptors (Lipinski definition) is 3. The van der Waals surface area contributed by atoms with E-state index in [1.165, 1.54) is 49.8 Å². The van der Waals surface area contributed by atoms with E-state index in [2.05, 4.69) is 6.92 Å². The Morgan fingerprint density at radius 2 is 1.70 bits per heavy atom. The molecule has 0 aromatic heterocycles. The van der Waals surface area contributed by atoms with Crippen LogP contribution in [0.5, 0.6) is 0 Å². The summed E-state index contributed by atoms with van der Waals surface area (Å²) in [6.07, 6.45) is 14.9. The first-order valence-electron chi connectivity index (χ1n) is 7.66. The lowest BCUT2D eigenvalue weighted by Crippen LogP contribution is -2.21. The molecule has 0 saturated heterocycles. The Balaban J connectivity index is 3.34. The van der Waals surface area contributed by atoms with Crippen molar-refractivity contribution < 1.29 is 14.3 Å². The van der Waals surface area contributed by atoms with E-state index >= 15 is 0 Å². The van der Waals surface area contributed by atoms with Crippen molar-refractivity contribution >= 4 is 12.4 Å². The molecule has 0 unspecified atom stereocenters. The standard InChI is InChI=1S/C16H29NO3/c1-3-4-5-6-7-8-9-10-11-12-13-16(19)20-15-17(2)14-18/h11-12,14H,3-10,13,15H2,1-2H3/b12-11+. The number of unbranched alkanes of at least 4 members (excludes halogenated alkanes) is 7. The third-order valence-electron chi connectivity index (χ3n) is 3.03. The molecule has 116 valence electrons. The molecular formula is C16H29NO3. The van der Waals surface area contributed by atoms with Gasteiger partial charge in [0.25, 0.3) is 0 Å². The van der Waals surface area contributed by atoms with Gasteiger partial charge in [-0.3, -0.25) is 9.59 Å². The second kappa shape index (κ2) is 14.1. The minimum absolute atomic E-state index is 0.0218. The highest BCUT2D eigenvalue weighted by Gasteiger charge is 2.00. The molecule has 0 radical (unpaired) electrons. The first kappa shape index (κ1) is 18.7. The van der Waals surface area contributed by atoms with Crippen LogP contribution in [0.3, 0.4) is 0 Å². The number of ether oxygens (including phenoxy) is 1.